The lowest BCUT2D eigenvalue weighted by Gasteiger charge is -2.07. The zero-order valence-electron chi connectivity index (χ0n) is 8.42. The summed E-state index contributed by atoms with van der Waals surface area (Å²) in [4.78, 5) is 11.5. The Morgan fingerprint density at radius 1 is 1.53 bits per heavy atom. The third kappa shape index (κ3) is 2.42. The maximum absolute atomic E-state index is 11.5. The molecule has 1 saturated carbocycles. The van der Waals surface area contributed by atoms with Gasteiger partial charge in [-0.2, -0.15) is 0 Å². The van der Waals surface area contributed by atoms with Gasteiger partial charge in [0.25, 0.3) is 0 Å². The molecule has 0 radical (unpaired) electrons. The highest BCUT2D eigenvalue weighted by Crippen LogP contribution is 2.32. The molecule has 0 spiro atoms. The van der Waals surface area contributed by atoms with Crippen LogP contribution >= 0.6 is 11.6 Å². The monoisotopic (exact) mass is 225 g/mol. The molecule has 15 heavy (non-hydrogen) atoms. The fourth-order valence-electron chi connectivity index (χ4n) is 1.33. The van der Waals surface area contributed by atoms with Crippen LogP contribution in [0.1, 0.15) is 12.8 Å². The number of methoxy groups -OCH3 is 1. The summed E-state index contributed by atoms with van der Waals surface area (Å²) in [6, 6.07) is 5.21. The topological polar surface area (TPSA) is 38.3 Å². The third-order valence-electron chi connectivity index (χ3n) is 2.37. The molecule has 0 unspecified atom stereocenters. The lowest BCUT2D eigenvalue weighted by atomic mass is 10.3. The smallest absolute Gasteiger partial charge is 0.227 e. The molecule has 0 atom stereocenters. The zero-order valence-corrected chi connectivity index (χ0v) is 9.17. The average Bonchev–Trinajstić information content (AvgIpc) is 3.04. The molecule has 1 fully saturated rings. The Morgan fingerprint density at radius 2 is 2.27 bits per heavy atom. The Hall–Kier alpha value is -1.22. The van der Waals surface area contributed by atoms with Gasteiger partial charge >= 0.3 is 0 Å². The predicted molar refractivity (Wildman–Crippen MR) is 59.4 cm³/mol. The maximum Gasteiger partial charge on any atom is 0.227 e. The van der Waals surface area contributed by atoms with E-state index >= 15 is 0 Å². The fourth-order valence-corrected chi connectivity index (χ4v) is 1.52. The van der Waals surface area contributed by atoms with Crippen molar-refractivity contribution in [3.05, 3.63) is 23.2 Å². The minimum atomic E-state index is 0.0828. The molecule has 3 nitrogen and oxygen atoms in total. The van der Waals surface area contributed by atoms with E-state index in [0.29, 0.717) is 10.8 Å². The van der Waals surface area contributed by atoms with Crippen LogP contribution in [0.15, 0.2) is 18.2 Å². The van der Waals surface area contributed by atoms with Crippen LogP contribution in [0.3, 0.4) is 0 Å². The highest BCUT2D eigenvalue weighted by atomic mass is 35.5. The summed E-state index contributed by atoms with van der Waals surface area (Å²) < 4.78 is 5.06. The van der Waals surface area contributed by atoms with Crippen molar-refractivity contribution in [2.75, 3.05) is 12.4 Å². The standard InChI is InChI=1S/C11H12ClNO2/c1-15-10-6-8(4-5-9(10)12)13-11(14)7-2-3-7/h4-7H,2-3H2,1H3,(H,13,14). The molecule has 4 heteroatoms. The third-order valence-corrected chi connectivity index (χ3v) is 2.68. The van der Waals surface area contributed by atoms with Crippen molar-refractivity contribution in [3.63, 3.8) is 0 Å². The van der Waals surface area contributed by atoms with Crippen molar-refractivity contribution >= 4 is 23.2 Å². The first-order chi connectivity index (χ1) is 7.20. The second kappa shape index (κ2) is 4.11. The van der Waals surface area contributed by atoms with Crippen molar-refractivity contribution in [1.29, 1.82) is 0 Å². The van der Waals surface area contributed by atoms with Crippen molar-refractivity contribution in [1.82, 2.24) is 0 Å². The minimum absolute atomic E-state index is 0.0828. The zero-order chi connectivity index (χ0) is 10.8. The van der Waals surface area contributed by atoms with Crippen molar-refractivity contribution in [2.45, 2.75) is 12.8 Å². The van der Waals surface area contributed by atoms with E-state index in [1.165, 1.54) is 0 Å². The summed E-state index contributed by atoms with van der Waals surface area (Å²) in [5.74, 6) is 0.858. The summed E-state index contributed by atoms with van der Waals surface area (Å²) in [5.41, 5.74) is 0.730. The molecule has 0 aliphatic heterocycles. The Labute approximate surface area is 93.4 Å². The van der Waals surface area contributed by atoms with Crippen LogP contribution in [0.4, 0.5) is 5.69 Å². The quantitative estimate of drug-likeness (QED) is 0.859. The second-order valence-corrected chi connectivity index (χ2v) is 4.02. The first-order valence-electron chi connectivity index (χ1n) is 4.85. The fraction of sp³-hybridized carbons (Fsp3) is 0.364. The Balaban J connectivity index is 2.10. The molecule has 1 aromatic carbocycles. The molecule has 80 valence electrons. The number of hydrogen-bond donors (Lipinski definition) is 1. The van der Waals surface area contributed by atoms with Crippen molar-refractivity contribution < 1.29 is 9.53 Å². The van der Waals surface area contributed by atoms with Crippen LogP contribution < -0.4 is 10.1 Å². The molecule has 0 heterocycles. The maximum atomic E-state index is 11.5. The van der Waals surface area contributed by atoms with E-state index in [1.54, 1.807) is 25.3 Å². The first kappa shape index (κ1) is 10.3. The van der Waals surface area contributed by atoms with Gasteiger partial charge in [-0.15, -0.1) is 0 Å². The number of benzene rings is 1. The van der Waals surface area contributed by atoms with Gasteiger partial charge in [-0.3, -0.25) is 4.79 Å². The first-order valence-corrected chi connectivity index (χ1v) is 5.23. The normalized spacial score (nSPS) is 14.8. The van der Waals surface area contributed by atoms with Crippen LogP contribution in [-0.2, 0) is 4.79 Å². The SMILES string of the molecule is COc1cc(NC(=O)C2CC2)ccc1Cl. The Kier molecular flexibility index (Phi) is 2.82. The van der Waals surface area contributed by atoms with Crippen LogP contribution in [-0.4, -0.2) is 13.0 Å². The second-order valence-electron chi connectivity index (χ2n) is 3.61. The van der Waals surface area contributed by atoms with Gasteiger partial charge in [-0.1, -0.05) is 11.6 Å². The predicted octanol–water partition coefficient (Wildman–Crippen LogP) is 2.70. The number of amides is 1. The van der Waals surface area contributed by atoms with E-state index < -0.39 is 0 Å². The van der Waals surface area contributed by atoms with Crippen LogP contribution in [0.5, 0.6) is 5.75 Å². The summed E-state index contributed by atoms with van der Waals surface area (Å²) >= 11 is 5.87. The molecule has 1 aliphatic carbocycles. The molecular weight excluding hydrogens is 214 g/mol. The van der Waals surface area contributed by atoms with Gasteiger partial charge in [-0.05, 0) is 25.0 Å². The molecule has 1 aliphatic rings. The number of hydrogen-bond acceptors (Lipinski definition) is 2. The minimum Gasteiger partial charge on any atom is -0.495 e. The lowest BCUT2D eigenvalue weighted by molar-refractivity contribution is -0.117. The number of carbonyl (C=O) groups excluding carboxylic acids is 1. The number of carbonyl (C=O) groups is 1. The molecule has 0 bridgehead atoms. The molecule has 1 amide bonds. The summed E-state index contributed by atoms with van der Waals surface area (Å²) in [7, 11) is 1.55. The van der Waals surface area contributed by atoms with E-state index in [4.69, 9.17) is 16.3 Å². The Morgan fingerprint density at radius 3 is 2.87 bits per heavy atom. The van der Waals surface area contributed by atoms with Gasteiger partial charge in [-0.25, -0.2) is 0 Å². The van der Waals surface area contributed by atoms with Gasteiger partial charge in [0.15, 0.2) is 0 Å². The molecule has 2 rings (SSSR count). The van der Waals surface area contributed by atoms with E-state index in [0.717, 1.165) is 18.5 Å². The van der Waals surface area contributed by atoms with Crippen molar-refractivity contribution in [2.24, 2.45) is 5.92 Å². The van der Waals surface area contributed by atoms with Crippen LogP contribution in [0.2, 0.25) is 5.02 Å². The summed E-state index contributed by atoms with van der Waals surface area (Å²) in [5, 5.41) is 3.37. The van der Waals surface area contributed by atoms with E-state index in [9.17, 15) is 4.79 Å². The molecular formula is C11H12ClNO2. The molecule has 1 N–H and O–H groups in total. The highest BCUT2D eigenvalue weighted by Gasteiger charge is 2.29. The summed E-state index contributed by atoms with van der Waals surface area (Å²) in [6.45, 7) is 0. The number of anilines is 1. The van der Waals surface area contributed by atoms with Crippen LogP contribution in [0, 0.1) is 5.92 Å². The molecule has 1 aromatic rings. The van der Waals surface area contributed by atoms with E-state index in [1.807, 2.05) is 0 Å². The highest BCUT2D eigenvalue weighted by molar-refractivity contribution is 6.32. The van der Waals surface area contributed by atoms with Gasteiger partial charge in [0.2, 0.25) is 5.91 Å². The van der Waals surface area contributed by atoms with Gasteiger partial charge in [0.1, 0.15) is 5.75 Å². The van der Waals surface area contributed by atoms with Crippen LogP contribution in [0.25, 0.3) is 0 Å². The number of halogens is 1. The lowest BCUT2D eigenvalue weighted by Crippen LogP contribution is -2.13. The van der Waals surface area contributed by atoms with E-state index in [-0.39, 0.29) is 11.8 Å². The van der Waals surface area contributed by atoms with Gasteiger partial charge in [0.05, 0.1) is 12.1 Å². The summed E-state index contributed by atoms with van der Waals surface area (Å²) in [6.07, 6.45) is 1.99. The largest absolute Gasteiger partial charge is 0.495 e. The number of ether oxygens (including phenoxy) is 1. The van der Waals surface area contributed by atoms with Crippen molar-refractivity contribution in [3.8, 4) is 5.75 Å². The molecule has 0 saturated heterocycles. The van der Waals surface area contributed by atoms with Gasteiger partial charge in [0, 0.05) is 17.7 Å². The number of rotatable bonds is 3. The van der Waals surface area contributed by atoms with Gasteiger partial charge < -0.3 is 10.1 Å². The molecule has 0 aromatic heterocycles. The number of nitrogens with one attached hydrogen (secondary N) is 1. The Bertz CT molecular complexity index is 388. The van der Waals surface area contributed by atoms with E-state index in [2.05, 4.69) is 5.32 Å². The average molecular weight is 226 g/mol.